The normalized spacial score (nSPS) is 11.4. The third-order valence-corrected chi connectivity index (χ3v) is 5.34. The Bertz CT molecular complexity index is 743. The zero-order valence-electron chi connectivity index (χ0n) is 11.9. The summed E-state index contributed by atoms with van der Waals surface area (Å²) in [6.45, 7) is 5.37. The molecule has 1 amide bonds. The lowest BCUT2D eigenvalue weighted by Crippen LogP contribution is -2.41. The van der Waals surface area contributed by atoms with Crippen molar-refractivity contribution in [2.75, 3.05) is 0 Å². The number of nitrogens with one attached hydrogen (secondary N) is 2. The molecule has 0 saturated carbocycles. The predicted octanol–water partition coefficient (Wildman–Crippen LogP) is 2.30. The molecule has 1 heterocycles. The van der Waals surface area contributed by atoms with E-state index in [1.54, 1.807) is 43.5 Å². The molecule has 0 unspecified atom stereocenters. The molecule has 2 rings (SSSR count). The van der Waals surface area contributed by atoms with Crippen LogP contribution in [0.25, 0.3) is 0 Å². The number of amides is 1. The monoisotopic (exact) mass is 324 g/mol. The summed E-state index contributed by atoms with van der Waals surface area (Å²) >= 11 is 1.24. The van der Waals surface area contributed by atoms with E-state index in [2.05, 4.69) is 10.3 Å². The first-order valence-electron chi connectivity index (χ1n) is 6.25. The lowest BCUT2D eigenvalue weighted by molar-refractivity contribution is 0.0949. The van der Waals surface area contributed by atoms with Crippen molar-refractivity contribution in [3.05, 3.63) is 51.2 Å². The Morgan fingerprint density at radius 2 is 1.76 bits per heavy atom. The first kappa shape index (κ1) is 15.7. The van der Waals surface area contributed by atoms with Crippen LogP contribution in [0.5, 0.6) is 0 Å². The van der Waals surface area contributed by atoms with Gasteiger partial charge in [0.1, 0.15) is 0 Å². The van der Waals surface area contributed by atoms with Gasteiger partial charge in [0.15, 0.2) is 0 Å². The molecule has 112 valence electrons. The summed E-state index contributed by atoms with van der Waals surface area (Å²) in [5.74, 6) is -0.476. The largest absolute Gasteiger partial charge is 0.276 e. The van der Waals surface area contributed by atoms with Gasteiger partial charge >= 0.3 is 0 Å². The van der Waals surface area contributed by atoms with Crippen molar-refractivity contribution < 1.29 is 13.2 Å². The van der Waals surface area contributed by atoms with Crippen LogP contribution in [0, 0.1) is 20.8 Å². The van der Waals surface area contributed by atoms with E-state index >= 15 is 0 Å². The minimum absolute atomic E-state index is 0.194. The smallest absolute Gasteiger partial charge is 0.273 e. The summed E-state index contributed by atoms with van der Waals surface area (Å²) in [5.41, 5.74) is 4.51. The highest BCUT2D eigenvalue weighted by Crippen LogP contribution is 2.21. The first-order valence-corrected chi connectivity index (χ1v) is 8.61. The molecule has 0 bridgehead atoms. The topological polar surface area (TPSA) is 75.3 Å². The Kier molecular flexibility index (Phi) is 4.46. The zero-order chi connectivity index (χ0) is 15.6. The quantitative estimate of drug-likeness (QED) is 0.847. The van der Waals surface area contributed by atoms with Crippen molar-refractivity contribution in [1.29, 1.82) is 0 Å². The Morgan fingerprint density at radius 1 is 1.14 bits per heavy atom. The Hall–Kier alpha value is -1.70. The lowest BCUT2D eigenvalue weighted by atomic mass is 10.1. The Labute approximate surface area is 128 Å². The third-order valence-electron chi connectivity index (χ3n) is 2.92. The van der Waals surface area contributed by atoms with Crippen molar-refractivity contribution in [2.24, 2.45) is 0 Å². The lowest BCUT2D eigenvalue weighted by Gasteiger charge is -2.13. The van der Waals surface area contributed by atoms with E-state index in [4.69, 9.17) is 0 Å². The zero-order valence-corrected chi connectivity index (χ0v) is 13.6. The molecule has 0 saturated heterocycles. The van der Waals surface area contributed by atoms with E-state index < -0.39 is 15.9 Å². The third kappa shape index (κ3) is 3.49. The van der Waals surface area contributed by atoms with Gasteiger partial charge in [0.25, 0.3) is 15.9 Å². The van der Waals surface area contributed by atoms with Crippen molar-refractivity contribution in [1.82, 2.24) is 10.3 Å². The number of carbonyl (C=O) groups is 1. The highest BCUT2D eigenvalue weighted by molar-refractivity contribution is 7.89. The maximum atomic E-state index is 12.3. The van der Waals surface area contributed by atoms with Crippen LogP contribution in [-0.4, -0.2) is 14.3 Å². The number of rotatable bonds is 4. The molecule has 0 aliphatic heterocycles. The summed E-state index contributed by atoms with van der Waals surface area (Å²) in [4.78, 5) is 14.6. The fraction of sp³-hybridized carbons (Fsp3) is 0.214. The van der Waals surface area contributed by atoms with Crippen molar-refractivity contribution in [2.45, 2.75) is 25.7 Å². The molecule has 0 radical (unpaired) electrons. The summed E-state index contributed by atoms with van der Waals surface area (Å²) in [6, 6.07) is 6.93. The highest BCUT2D eigenvalue weighted by Gasteiger charge is 2.20. The second-order valence-electron chi connectivity index (χ2n) is 4.76. The minimum Gasteiger partial charge on any atom is -0.273 e. The number of thiophene rings is 1. The molecule has 2 aromatic rings. The van der Waals surface area contributed by atoms with E-state index in [1.807, 2.05) is 6.92 Å². The molecule has 0 spiro atoms. The number of aryl methyl sites for hydroxylation is 3. The van der Waals surface area contributed by atoms with E-state index in [1.165, 1.54) is 11.3 Å². The number of hydrogen-bond acceptors (Lipinski definition) is 4. The molecule has 7 heteroatoms. The van der Waals surface area contributed by atoms with Crippen LogP contribution >= 0.6 is 11.3 Å². The summed E-state index contributed by atoms with van der Waals surface area (Å²) in [6.07, 6.45) is 0. The fourth-order valence-corrected chi connectivity index (χ4v) is 4.14. The first-order chi connectivity index (χ1) is 9.81. The fourth-order valence-electron chi connectivity index (χ4n) is 2.22. The number of sulfonamides is 1. The van der Waals surface area contributed by atoms with Gasteiger partial charge in [0, 0.05) is 0 Å². The second-order valence-corrected chi connectivity index (χ2v) is 7.33. The molecule has 5 nitrogen and oxygen atoms in total. The van der Waals surface area contributed by atoms with Crippen molar-refractivity contribution >= 4 is 27.3 Å². The molecule has 0 atom stereocenters. The molecule has 1 aromatic heterocycles. The van der Waals surface area contributed by atoms with Gasteiger partial charge in [0.2, 0.25) is 0 Å². The van der Waals surface area contributed by atoms with Gasteiger partial charge in [-0.3, -0.25) is 10.2 Å². The predicted molar refractivity (Wildman–Crippen MR) is 82.8 cm³/mol. The standard InChI is InChI=1S/C14H16N2O3S2/c1-9-7-10(2)13(11(3)8-9)21(18,19)16-15-14(17)12-5-4-6-20-12/h4-8,16H,1-3H3,(H,15,17). The van der Waals surface area contributed by atoms with Gasteiger partial charge in [0.05, 0.1) is 9.77 Å². The van der Waals surface area contributed by atoms with Crippen molar-refractivity contribution in [3.8, 4) is 0 Å². The van der Waals surface area contributed by atoms with Gasteiger partial charge in [-0.05, 0) is 43.3 Å². The van der Waals surface area contributed by atoms with Gasteiger partial charge in [-0.2, -0.15) is 0 Å². The van der Waals surface area contributed by atoms with E-state index in [0.717, 1.165) is 5.56 Å². The number of hydrazine groups is 1. The molecule has 1 aromatic carbocycles. The van der Waals surface area contributed by atoms with Crippen LogP contribution in [0.2, 0.25) is 0 Å². The molecular weight excluding hydrogens is 308 g/mol. The molecule has 0 fully saturated rings. The van der Waals surface area contributed by atoms with E-state index in [0.29, 0.717) is 16.0 Å². The van der Waals surface area contributed by atoms with Crippen LogP contribution in [-0.2, 0) is 10.0 Å². The van der Waals surface area contributed by atoms with Crippen LogP contribution in [0.15, 0.2) is 34.5 Å². The maximum Gasteiger partial charge on any atom is 0.276 e. The maximum absolute atomic E-state index is 12.3. The highest BCUT2D eigenvalue weighted by atomic mass is 32.2. The molecule has 0 aliphatic rings. The van der Waals surface area contributed by atoms with Crippen LogP contribution in [0.4, 0.5) is 0 Å². The van der Waals surface area contributed by atoms with E-state index in [-0.39, 0.29) is 4.90 Å². The molecule has 21 heavy (non-hydrogen) atoms. The molecule has 0 aliphatic carbocycles. The second kappa shape index (κ2) is 5.97. The van der Waals surface area contributed by atoms with Gasteiger partial charge in [-0.25, -0.2) is 8.42 Å². The summed E-state index contributed by atoms with van der Waals surface area (Å²) in [7, 11) is -3.80. The van der Waals surface area contributed by atoms with Crippen LogP contribution < -0.4 is 10.3 Å². The SMILES string of the molecule is Cc1cc(C)c(S(=O)(=O)NNC(=O)c2cccs2)c(C)c1. The van der Waals surface area contributed by atoms with Crippen LogP contribution in [0.3, 0.4) is 0 Å². The Balaban J connectivity index is 2.22. The number of carbonyl (C=O) groups excluding carboxylic acids is 1. The number of benzene rings is 1. The van der Waals surface area contributed by atoms with Crippen molar-refractivity contribution in [3.63, 3.8) is 0 Å². The van der Waals surface area contributed by atoms with Gasteiger partial charge in [-0.15, -0.1) is 16.2 Å². The molecular formula is C14H16N2O3S2. The number of hydrogen-bond donors (Lipinski definition) is 2. The Morgan fingerprint density at radius 3 is 2.29 bits per heavy atom. The van der Waals surface area contributed by atoms with Gasteiger partial charge in [-0.1, -0.05) is 23.8 Å². The summed E-state index contributed by atoms with van der Waals surface area (Å²) in [5, 5.41) is 1.75. The minimum atomic E-state index is -3.80. The average molecular weight is 324 g/mol. The molecule has 2 N–H and O–H groups in total. The van der Waals surface area contributed by atoms with Crippen LogP contribution in [0.1, 0.15) is 26.4 Å². The average Bonchev–Trinajstić information content (AvgIpc) is 2.88. The van der Waals surface area contributed by atoms with E-state index in [9.17, 15) is 13.2 Å². The summed E-state index contributed by atoms with van der Waals surface area (Å²) < 4.78 is 24.7. The van der Waals surface area contributed by atoms with Gasteiger partial charge < -0.3 is 0 Å².